The van der Waals surface area contributed by atoms with Gasteiger partial charge in [-0.1, -0.05) is 0 Å². The van der Waals surface area contributed by atoms with Crippen LogP contribution in [-0.2, 0) is 4.74 Å². The first kappa shape index (κ1) is 10.9. The molecule has 1 rings (SSSR count). The van der Waals surface area contributed by atoms with Gasteiger partial charge in [-0.05, 0) is 27.2 Å². The van der Waals surface area contributed by atoms with Crippen molar-refractivity contribution in [3.8, 4) is 0 Å². The summed E-state index contributed by atoms with van der Waals surface area (Å²) in [4.78, 5) is 1.86. The summed E-state index contributed by atoms with van der Waals surface area (Å²) in [5, 5.41) is 9.65. The lowest BCUT2D eigenvalue weighted by molar-refractivity contribution is -0.233. The Balaban J connectivity index is 2.36. The van der Waals surface area contributed by atoms with Crippen molar-refractivity contribution in [1.82, 2.24) is 4.90 Å². The van der Waals surface area contributed by atoms with Gasteiger partial charge in [0.1, 0.15) is 0 Å². The van der Waals surface area contributed by atoms with Crippen LogP contribution in [0.2, 0.25) is 0 Å². The largest absolute Gasteiger partial charge is 0.356 e. The smallest absolute Gasteiger partial charge is 0.216 e. The molecule has 0 bridgehead atoms. The monoisotopic (exact) mass is 188 g/mol. The third-order valence-electron chi connectivity index (χ3n) is 2.03. The quantitative estimate of drug-likeness (QED) is 0.604. The van der Waals surface area contributed by atoms with Crippen molar-refractivity contribution < 1.29 is 9.84 Å². The van der Waals surface area contributed by atoms with Gasteiger partial charge in [-0.2, -0.15) is 0 Å². The number of ether oxygens (including phenoxy) is 1. The van der Waals surface area contributed by atoms with Gasteiger partial charge < -0.3 is 15.6 Å². The maximum Gasteiger partial charge on any atom is 0.216 e. The molecule has 1 heterocycles. The van der Waals surface area contributed by atoms with E-state index < -0.39 is 6.41 Å². The number of aliphatic hydroxyl groups is 1. The summed E-state index contributed by atoms with van der Waals surface area (Å²) in [5.41, 5.74) is 5.40. The average molecular weight is 188 g/mol. The fourth-order valence-electron chi connectivity index (χ4n) is 1.41. The van der Waals surface area contributed by atoms with Crippen LogP contribution < -0.4 is 5.73 Å². The summed E-state index contributed by atoms with van der Waals surface area (Å²) < 4.78 is 5.40. The Kier molecular flexibility index (Phi) is 3.29. The third kappa shape index (κ3) is 3.60. The second-order valence-corrected chi connectivity index (χ2v) is 4.60. The van der Waals surface area contributed by atoms with Crippen molar-refractivity contribution in [2.45, 2.75) is 45.2 Å². The van der Waals surface area contributed by atoms with Crippen molar-refractivity contribution in [3.63, 3.8) is 0 Å². The number of nitrogens with zero attached hydrogens (tertiary/aromatic N) is 1. The highest BCUT2D eigenvalue weighted by Crippen LogP contribution is 2.16. The molecule has 0 amide bonds. The van der Waals surface area contributed by atoms with Gasteiger partial charge in [-0.25, -0.2) is 0 Å². The molecule has 3 N–H and O–H groups in total. The van der Waals surface area contributed by atoms with Crippen molar-refractivity contribution in [2.75, 3.05) is 13.1 Å². The van der Waals surface area contributed by atoms with E-state index in [2.05, 4.69) is 0 Å². The first-order chi connectivity index (χ1) is 5.88. The van der Waals surface area contributed by atoms with Crippen LogP contribution >= 0.6 is 0 Å². The lowest BCUT2D eigenvalue weighted by Crippen LogP contribution is -2.41. The van der Waals surface area contributed by atoms with Gasteiger partial charge in [0.15, 0.2) is 0 Å². The van der Waals surface area contributed by atoms with Crippen LogP contribution in [0.5, 0.6) is 0 Å². The highest BCUT2D eigenvalue weighted by Gasteiger charge is 2.28. The number of aliphatic hydroxyl groups excluding tert-OH is 1. The summed E-state index contributed by atoms with van der Waals surface area (Å²) in [7, 11) is 0. The Morgan fingerprint density at radius 3 is 2.54 bits per heavy atom. The molecule has 13 heavy (non-hydrogen) atoms. The van der Waals surface area contributed by atoms with Gasteiger partial charge in [0.25, 0.3) is 0 Å². The summed E-state index contributed by atoms with van der Waals surface area (Å²) in [6, 6.07) is 0.179. The number of nitrogens with two attached hydrogens (primary N) is 1. The van der Waals surface area contributed by atoms with E-state index in [1.807, 2.05) is 25.7 Å². The molecule has 1 saturated heterocycles. The first-order valence-corrected chi connectivity index (χ1v) is 4.74. The van der Waals surface area contributed by atoms with Crippen molar-refractivity contribution >= 4 is 0 Å². The molecule has 4 heteroatoms. The van der Waals surface area contributed by atoms with E-state index in [1.54, 1.807) is 0 Å². The maximum absolute atomic E-state index is 9.65. The van der Waals surface area contributed by atoms with E-state index in [-0.39, 0.29) is 11.6 Å². The lowest BCUT2D eigenvalue weighted by atomic mass is 10.2. The molecule has 1 aliphatic heterocycles. The SMILES string of the molecule is CC(C)(C)OC(O)N1CC[C@H](N)C1. The molecular weight excluding hydrogens is 168 g/mol. The fourth-order valence-corrected chi connectivity index (χ4v) is 1.41. The summed E-state index contributed by atoms with van der Waals surface area (Å²) in [6.07, 6.45) is 0.124. The van der Waals surface area contributed by atoms with Crippen LogP contribution in [0.25, 0.3) is 0 Å². The molecule has 0 aromatic heterocycles. The van der Waals surface area contributed by atoms with E-state index in [9.17, 15) is 5.11 Å². The van der Waals surface area contributed by atoms with Gasteiger partial charge in [0.05, 0.1) is 5.60 Å². The predicted octanol–water partition coefficient (Wildman–Crippen LogP) is 0.110. The molecule has 2 atom stereocenters. The number of likely N-dealkylation sites (tertiary alicyclic amines) is 1. The number of rotatable bonds is 2. The molecule has 0 radical (unpaired) electrons. The maximum atomic E-state index is 9.65. The topological polar surface area (TPSA) is 58.7 Å². The second-order valence-electron chi connectivity index (χ2n) is 4.60. The minimum Gasteiger partial charge on any atom is -0.356 e. The molecule has 1 fully saturated rings. The number of hydrogen-bond acceptors (Lipinski definition) is 4. The highest BCUT2D eigenvalue weighted by molar-refractivity contribution is 4.77. The Labute approximate surface area is 79.7 Å². The van der Waals surface area contributed by atoms with Gasteiger partial charge in [0.2, 0.25) is 6.41 Å². The Hall–Kier alpha value is -0.160. The Morgan fingerprint density at radius 2 is 2.15 bits per heavy atom. The molecule has 0 saturated carbocycles. The van der Waals surface area contributed by atoms with Crippen molar-refractivity contribution in [1.29, 1.82) is 0 Å². The Morgan fingerprint density at radius 1 is 1.54 bits per heavy atom. The summed E-state index contributed by atoms with van der Waals surface area (Å²) in [6.45, 7) is 7.31. The average Bonchev–Trinajstić information content (AvgIpc) is 2.31. The predicted molar refractivity (Wildman–Crippen MR) is 51.0 cm³/mol. The van der Waals surface area contributed by atoms with Crippen LogP contribution in [0.3, 0.4) is 0 Å². The van der Waals surface area contributed by atoms with Gasteiger partial charge >= 0.3 is 0 Å². The zero-order chi connectivity index (χ0) is 10.1. The fraction of sp³-hybridized carbons (Fsp3) is 1.00. The van der Waals surface area contributed by atoms with E-state index >= 15 is 0 Å². The molecule has 0 aliphatic carbocycles. The molecule has 0 spiro atoms. The molecule has 0 aromatic carbocycles. The zero-order valence-corrected chi connectivity index (χ0v) is 8.66. The standard InChI is InChI=1S/C9H20N2O2/c1-9(2,3)13-8(12)11-5-4-7(10)6-11/h7-8,12H,4-6,10H2,1-3H3/t7-,8?/m0/s1. The summed E-state index contributed by atoms with van der Waals surface area (Å²) >= 11 is 0. The van der Waals surface area contributed by atoms with Crippen LogP contribution in [-0.4, -0.2) is 41.2 Å². The van der Waals surface area contributed by atoms with E-state index in [0.717, 1.165) is 19.5 Å². The van der Waals surface area contributed by atoms with E-state index in [1.165, 1.54) is 0 Å². The minimum absolute atomic E-state index is 0.179. The molecule has 1 aliphatic rings. The van der Waals surface area contributed by atoms with E-state index in [0.29, 0.717) is 0 Å². The zero-order valence-electron chi connectivity index (χ0n) is 8.66. The van der Waals surface area contributed by atoms with Crippen LogP contribution in [0.1, 0.15) is 27.2 Å². The van der Waals surface area contributed by atoms with Crippen LogP contribution in [0.15, 0.2) is 0 Å². The molecule has 1 unspecified atom stereocenters. The molecule has 4 nitrogen and oxygen atoms in total. The third-order valence-corrected chi connectivity index (χ3v) is 2.03. The summed E-state index contributed by atoms with van der Waals surface area (Å²) in [5.74, 6) is 0. The lowest BCUT2D eigenvalue weighted by Gasteiger charge is -2.29. The van der Waals surface area contributed by atoms with Gasteiger partial charge in [0, 0.05) is 19.1 Å². The van der Waals surface area contributed by atoms with Gasteiger partial charge in [-0.15, -0.1) is 0 Å². The molecule has 78 valence electrons. The molecule has 0 aromatic rings. The first-order valence-electron chi connectivity index (χ1n) is 4.74. The van der Waals surface area contributed by atoms with Crippen LogP contribution in [0, 0.1) is 0 Å². The normalized spacial score (nSPS) is 27.9. The Bertz CT molecular complexity index is 167. The van der Waals surface area contributed by atoms with Crippen molar-refractivity contribution in [2.24, 2.45) is 5.73 Å². The number of hydrogen-bond donors (Lipinski definition) is 2. The molecular formula is C9H20N2O2. The van der Waals surface area contributed by atoms with Crippen LogP contribution in [0.4, 0.5) is 0 Å². The van der Waals surface area contributed by atoms with Crippen molar-refractivity contribution in [3.05, 3.63) is 0 Å². The second kappa shape index (κ2) is 3.92. The van der Waals surface area contributed by atoms with E-state index in [4.69, 9.17) is 10.5 Å². The van der Waals surface area contributed by atoms with Gasteiger partial charge in [-0.3, -0.25) is 4.90 Å². The highest BCUT2D eigenvalue weighted by atomic mass is 16.6. The minimum atomic E-state index is -0.812.